The molecule has 1 heterocycles. The minimum atomic E-state index is -0.223. The molecule has 1 aliphatic rings. The van der Waals surface area contributed by atoms with Gasteiger partial charge in [0.25, 0.3) is 0 Å². The first-order valence-corrected chi connectivity index (χ1v) is 7.32. The van der Waals surface area contributed by atoms with Crippen LogP contribution in [0.3, 0.4) is 0 Å². The second kappa shape index (κ2) is 5.73. The van der Waals surface area contributed by atoms with Gasteiger partial charge < -0.3 is 0 Å². The molecule has 0 radical (unpaired) electrons. The van der Waals surface area contributed by atoms with Gasteiger partial charge in [-0.3, -0.25) is 0 Å². The van der Waals surface area contributed by atoms with E-state index in [9.17, 15) is 5.26 Å². The van der Waals surface area contributed by atoms with Gasteiger partial charge in [-0.25, -0.2) is 9.67 Å². The minimum absolute atomic E-state index is 0.223. The van der Waals surface area contributed by atoms with Crippen LogP contribution < -0.4 is 0 Å². The van der Waals surface area contributed by atoms with E-state index >= 15 is 0 Å². The van der Waals surface area contributed by atoms with E-state index in [2.05, 4.69) is 36.9 Å². The van der Waals surface area contributed by atoms with Gasteiger partial charge in [-0.2, -0.15) is 10.4 Å². The fraction of sp³-hybridized carbons (Fsp3) is 0.800. The Morgan fingerprint density at radius 2 is 2.37 bits per heavy atom. The van der Waals surface area contributed by atoms with Crippen molar-refractivity contribution in [3.8, 4) is 6.07 Å². The Bertz CT molecular complexity index is 457. The smallest absolute Gasteiger partial charge is 0.138 e. The lowest BCUT2D eigenvalue weighted by atomic mass is 9.69. The van der Waals surface area contributed by atoms with E-state index in [0.29, 0.717) is 11.8 Å². The monoisotopic (exact) mass is 260 g/mol. The maximum Gasteiger partial charge on any atom is 0.138 e. The lowest BCUT2D eigenvalue weighted by molar-refractivity contribution is 0.203. The largest absolute Gasteiger partial charge is 0.250 e. The van der Waals surface area contributed by atoms with Crippen LogP contribution in [0.2, 0.25) is 0 Å². The Hall–Kier alpha value is -1.37. The predicted molar refractivity (Wildman–Crippen MR) is 74.2 cm³/mol. The van der Waals surface area contributed by atoms with Gasteiger partial charge in [0.05, 0.1) is 11.5 Å². The van der Waals surface area contributed by atoms with E-state index in [1.165, 1.54) is 6.42 Å². The van der Waals surface area contributed by atoms with E-state index in [0.717, 1.165) is 38.1 Å². The van der Waals surface area contributed by atoms with E-state index in [1.54, 1.807) is 6.33 Å². The summed E-state index contributed by atoms with van der Waals surface area (Å²) in [6.45, 7) is 7.49. The summed E-state index contributed by atoms with van der Waals surface area (Å²) in [5, 5.41) is 13.9. The van der Waals surface area contributed by atoms with Gasteiger partial charge in [0, 0.05) is 13.0 Å². The van der Waals surface area contributed by atoms with Gasteiger partial charge in [0.2, 0.25) is 0 Å². The van der Waals surface area contributed by atoms with E-state index in [1.807, 2.05) is 4.68 Å². The fourth-order valence-corrected chi connectivity index (χ4v) is 3.19. The van der Waals surface area contributed by atoms with Gasteiger partial charge in [-0.05, 0) is 24.7 Å². The van der Waals surface area contributed by atoms with Crippen molar-refractivity contribution in [3.05, 3.63) is 12.2 Å². The second-order valence-electron chi connectivity index (χ2n) is 6.52. The highest BCUT2D eigenvalue weighted by Gasteiger charge is 2.36. The van der Waals surface area contributed by atoms with Crippen molar-refractivity contribution in [2.45, 2.75) is 59.4 Å². The third kappa shape index (κ3) is 3.34. The molecule has 0 bridgehead atoms. The zero-order valence-corrected chi connectivity index (χ0v) is 12.3. The highest BCUT2D eigenvalue weighted by atomic mass is 15.3. The van der Waals surface area contributed by atoms with E-state index < -0.39 is 0 Å². The van der Waals surface area contributed by atoms with Crippen molar-refractivity contribution < 1.29 is 0 Å². The van der Waals surface area contributed by atoms with Crippen molar-refractivity contribution in [2.24, 2.45) is 17.3 Å². The molecule has 0 aromatic carbocycles. The summed E-state index contributed by atoms with van der Waals surface area (Å²) in [4.78, 5) is 4.38. The van der Waals surface area contributed by atoms with Crippen LogP contribution in [0.15, 0.2) is 6.33 Å². The maximum absolute atomic E-state index is 9.62. The van der Waals surface area contributed by atoms with Crippen molar-refractivity contribution in [3.63, 3.8) is 0 Å². The molecule has 1 aromatic rings. The van der Waals surface area contributed by atoms with Crippen molar-refractivity contribution in [1.82, 2.24) is 14.8 Å². The quantitative estimate of drug-likeness (QED) is 0.835. The Labute approximate surface area is 115 Å². The van der Waals surface area contributed by atoms with Crippen LogP contribution in [-0.2, 0) is 13.0 Å². The summed E-state index contributed by atoms with van der Waals surface area (Å²) in [5.41, 5.74) is -0.223. The van der Waals surface area contributed by atoms with Gasteiger partial charge in [-0.1, -0.05) is 33.6 Å². The summed E-state index contributed by atoms with van der Waals surface area (Å²) in [5.74, 6) is 2.17. The molecule has 0 amide bonds. The summed E-state index contributed by atoms with van der Waals surface area (Å²) in [6.07, 6.45) is 6.78. The van der Waals surface area contributed by atoms with Crippen LogP contribution in [0.1, 0.15) is 52.3 Å². The molecule has 4 heteroatoms. The van der Waals surface area contributed by atoms with Crippen LogP contribution in [-0.4, -0.2) is 14.8 Å². The molecule has 0 aliphatic heterocycles. The Kier molecular flexibility index (Phi) is 4.24. The average molecular weight is 260 g/mol. The number of nitrogens with zero attached hydrogens (tertiary/aromatic N) is 4. The molecule has 0 saturated heterocycles. The van der Waals surface area contributed by atoms with Gasteiger partial charge in [-0.15, -0.1) is 0 Å². The highest BCUT2D eigenvalue weighted by molar-refractivity contribution is 5.07. The zero-order chi connectivity index (χ0) is 13.9. The van der Waals surface area contributed by atoms with Crippen molar-refractivity contribution in [1.29, 1.82) is 5.26 Å². The molecule has 0 N–H and O–H groups in total. The Morgan fingerprint density at radius 3 is 3.00 bits per heavy atom. The van der Waals surface area contributed by atoms with Crippen LogP contribution >= 0.6 is 0 Å². The summed E-state index contributed by atoms with van der Waals surface area (Å²) in [7, 11) is 0. The molecule has 2 atom stereocenters. The van der Waals surface area contributed by atoms with Crippen LogP contribution in [0.5, 0.6) is 0 Å². The minimum Gasteiger partial charge on any atom is -0.250 e. The van der Waals surface area contributed by atoms with Gasteiger partial charge >= 0.3 is 0 Å². The predicted octanol–water partition coefficient (Wildman–Crippen LogP) is 3.20. The number of aromatic nitrogens is 3. The van der Waals surface area contributed by atoms with E-state index in [4.69, 9.17) is 0 Å². The molecule has 1 saturated carbocycles. The topological polar surface area (TPSA) is 54.5 Å². The number of nitriles is 1. The van der Waals surface area contributed by atoms with Crippen molar-refractivity contribution >= 4 is 0 Å². The summed E-state index contributed by atoms with van der Waals surface area (Å²) < 4.78 is 1.98. The second-order valence-corrected chi connectivity index (χ2v) is 6.52. The zero-order valence-electron chi connectivity index (χ0n) is 12.3. The summed E-state index contributed by atoms with van der Waals surface area (Å²) in [6, 6.07) is 2.59. The molecule has 4 nitrogen and oxygen atoms in total. The molecule has 104 valence electrons. The number of hydrogen-bond acceptors (Lipinski definition) is 3. The third-order valence-corrected chi connectivity index (χ3v) is 4.06. The first kappa shape index (κ1) is 14.0. The molecule has 1 aliphatic carbocycles. The number of rotatable bonds is 4. The lowest BCUT2D eigenvalue weighted by Crippen LogP contribution is -2.30. The fourth-order valence-electron chi connectivity index (χ4n) is 3.19. The molecule has 1 aromatic heterocycles. The maximum atomic E-state index is 9.62. The van der Waals surface area contributed by atoms with Crippen LogP contribution in [0, 0.1) is 28.6 Å². The van der Waals surface area contributed by atoms with Crippen LogP contribution in [0.25, 0.3) is 0 Å². The standard InChI is InChI=1S/C15H24N4/c1-12(2)9-19-14(17-11-18-19)8-15(10-16)6-4-5-13(3)7-15/h11-13H,4-9H2,1-3H3. The van der Waals surface area contributed by atoms with Crippen molar-refractivity contribution in [2.75, 3.05) is 0 Å². The van der Waals surface area contributed by atoms with Gasteiger partial charge in [0.15, 0.2) is 0 Å². The Morgan fingerprint density at radius 1 is 1.58 bits per heavy atom. The third-order valence-electron chi connectivity index (χ3n) is 4.06. The molecule has 0 spiro atoms. The first-order chi connectivity index (χ1) is 9.04. The average Bonchev–Trinajstić information content (AvgIpc) is 2.75. The molecule has 19 heavy (non-hydrogen) atoms. The first-order valence-electron chi connectivity index (χ1n) is 7.32. The summed E-state index contributed by atoms with van der Waals surface area (Å²) >= 11 is 0. The Balaban J connectivity index is 2.15. The SMILES string of the molecule is CC(C)Cn1ncnc1CC1(C#N)CCCC(C)C1. The van der Waals surface area contributed by atoms with E-state index in [-0.39, 0.29) is 5.41 Å². The number of hydrogen-bond donors (Lipinski definition) is 0. The lowest BCUT2D eigenvalue weighted by Gasteiger charge is -2.34. The molecule has 2 rings (SSSR count). The molecular weight excluding hydrogens is 236 g/mol. The van der Waals surface area contributed by atoms with Gasteiger partial charge in [0.1, 0.15) is 12.2 Å². The molecule has 1 fully saturated rings. The molecular formula is C15H24N4. The highest BCUT2D eigenvalue weighted by Crippen LogP contribution is 2.41. The normalized spacial score (nSPS) is 27.4. The molecule has 2 unspecified atom stereocenters. The van der Waals surface area contributed by atoms with Crippen LogP contribution in [0.4, 0.5) is 0 Å².